The van der Waals surface area contributed by atoms with Crippen LogP contribution in [0.2, 0.25) is 0 Å². The zero-order valence-electron chi connectivity index (χ0n) is 24.7. The van der Waals surface area contributed by atoms with Crippen molar-refractivity contribution in [3.05, 3.63) is 0 Å². The first-order valence-electron chi connectivity index (χ1n) is 14.6. The Labute approximate surface area is 248 Å². The Balaban J connectivity index is 1.20. The summed E-state index contributed by atoms with van der Waals surface area (Å²) in [4.78, 5) is 51.1. The van der Waals surface area contributed by atoms with Crippen molar-refractivity contribution in [3.8, 4) is 0 Å². The van der Waals surface area contributed by atoms with Crippen LogP contribution in [0.25, 0.3) is 0 Å². The molecule has 4 bridgehead atoms. The zero-order valence-corrected chi connectivity index (χ0v) is 25.5. The van der Waals surface area contributed by atoms with Gasteiger partial charge < -0.3 is 23.7 Å². The van der Waals surface area contributed by atoms with Crippen molar-refractivity contribution in [3.63, 3.8) is 0 Å². The molecule has 5 fully saturated rings. The predicted octanol–water partition coefficient (Wildman–Crippen LogP) is 2.67. The third-order valence-corrected chi connectivity index (χ3v) is 12.6. The van der Waals surface area contributed by atoms with Crippen molar-refractivity contribution in [2.24, 2.45) is 40.4 Å². The van der Waals surface area contributed by atoms with Gasteiger partial charge in [-0.3, -0.25) is 14.1 Å². The highest BCUT2D eigenvalue weighted by Gasteiger charge is 2.73. The van der Waals surface area contributed by atoms with Crippen LogP contribution < -0.4 is 0 Å². The van der Waals surface area contributed by atoms with E-state index in [9.17, 15) is 36.4 Å². The summed E-state index contributed by atoms with van der Waals surface area (Å²) in [5.74, 6) is -5.34. The quantitative estimate of drug-likeness (QED) is 0.200. The number of esters is 4. The van der Waals surface area contributed by atoms with E-state index in [1.54, 1.807) is 0 Å². The molecule has 0 amide bonds. The van der Waals surface area contributed by atoms with Gasteiger partial charge in [0.05, 0.1) is 11.8 Å². The molecule has 0 spiro atoms. The van der Waals surface area contributed by atoms with Gasteiger partial charge in [0, 0.05) is 17.3 Å². The maximum Gasteiger partial charge on any atom is 0.405 e. The number of carbonyl (C=O) groups is 4. The summed E-state index contributed by atoms with van der Waals surface area (Å²) in [6.45, 7) is 7.39. The number of fused-ring (bicyclic) bond motifs is 3. The molecule has 15 heteroatoms. The largest absolute Gasteiger partial charge is 0.458 e. The Morgan fingerprint density at radius 2 is 1.79 bits per heavy atom. The zero-order chi connectivity index (χ0) is 31.9. The average Bonchev–Trinajstić information content (AvgIpc) is 3.61. The van der Waals surface area contributed by atoms with E-state index >= 15 is 0 Å². The second-order valence-electron chi connectivity index (χ2n) is 13.4. The van der Waals surface area contributed by atoms with Crippen molar-refractivity contribution < 1.29 is 64.6 Å². The maximum absolute atomic E-state index is 13.9. The van der Waals surface area contributed by atoms with Gasteiger partial charge >= 0.3 is 39.2 Å². The lowest BCUT2D eigenvalue weighted by Crippen LogP contribution is -2.52. The SMILES string of the molecule is CCC1(OC(=O)C2C3CC4C(OC(=O)C42)C3OC(=O)COCC(=O)OC(C)C(F)(F)S(=O)(=O)O)CC2CCC1(C)C2(C)C. The van der Waals surface area contributed by atoms with Gasteiger partial charge in [0.1, 0.15) is 31.0 Å². The van der Waals surface area contributed by atoms with Crippen LogP contribution in [0.5, 0.6) is 0 Å². The van der Waals surface area contributed by atoms with Gasteiger partial charge in [-0.1, -0.05) is 27.7 Å². The van der Waals surface area contributed by atoms with Crippen molar-refractivity contribution in [1.82, 2.24) is 0 Å². The number of carbonyl (C=O) groups excluding carboxylic acids is 4. The Morgan fingerprint density at radius 1 is 1.14 bits per heavy atom. The highest BCUT2D eigenvalue weighted by molar-refractivity contribution is 7.86. The number of ether oxygens (including phenoxy) is 5. The van der Waals surface area contributed by atoms with E-state index in [-0.39, 0.29) is 16.7 Å². The standard InChI is InChI=1S/C28H38F2O12S/c1-6-27(10-14-7-8-26(27,5)25(14,3)4)42-24(34)20-16-9-15-19(20)23(33)41-22(15)21(16)40-18(32)12-38-11-17(31)39-13(2)28(29,30)43(35,36)37/h13-16,19-22H,6-12H2,1-5H3,(H,35,36,37). The van der Waals surface area contributed by atoms with Gasteiger partial charge in [-0.25, -0.2) is 9.59 Å². The summed E-state index contributed by atoms with van der Waals surface area (Å²) < 4.78 is 84.0. The van der Waals surface area contributed by atoms with Crippen molar-refractivity contribution in [1.29, 1.82) is 0 Å². The lowest BCUT2D eigenvalue weighted by Gasteiger charge is -2.48. The molecule has 1 saturated heterocycles. The molecule has 1 heterocycles. The third kappa shape index (κ3) is 4.66. The van der Waals surface area contributed by atoms with E-state index in [2.05, 4.69) is 25.5 Å². The smallest absolute Gasteiger partial charge is 0.405 e. The van der Waals surface area contributed by atoms with Gasteiger partial charge in [-0.05, 0) is 50.4 Å². The van der Waals surface area contributed by atoms with Crippen molar-refractivity contribution in [2.75, 3.05) is 13.2 Å². The number of alkyl halides is 2. The molecule has 0 aromatic heterocycles. The van der Waals surface area contributed by atoms with Crippen LogP contribution >= 0.6 is 0 Å². The second kappa shape index (κ2) is 10.3. The van der Waals surface area contributed by atoms with Gasteiger partial charge in [0.2, 0.25) is 0 Å². The van der Waals surface area contributed by atoms with E-state index in [1.165, 1.54) is 0 Å². The Morgan fingerprint density at radius 3 is 2.35 bits per heavy atom. The lowest BCUT2D eigenvalue weighted by molar-refractivity contribution is -0.192. The summed E-state index contributed by atoms with van der Waals surface area (Å²) in [6, 6.07) is 0. The molecule has 5 rings (SSSR count). The molecule has 0 aromatic carbocycles. The molecule has 242 valence electrons. The summed E-state index contributed by atoms with van der Waals surface area (Å²) in [7, 11) is -5.83. The van der Waals surface area contributed by atoms with Gasteiger partial charge in [-0.2, -0.15) is 17.2 Å². The number of hydrogen-bond donors (Lipinski definition) is 1. The van der Waals surface area contributed by atoms with Gasteiger partial charge in [-0.15, -0.1) is 0 Å². The molecule has 10 unspecified atom stereocenters. The average molecular weight is 637 g/mol. The topological polar surface area (TPSA) is 169 Å². The highest BCUT2D eigenvalue weighted by Crippen LogP contribution is 2.72. The minimum Gasteiger partial charge on any atom is -0.458 e. The minimum absolute atomic E-state index is 0.0186. The maximum atomic E-state index is 13.9. The fourth-order valence-electron chi connectivity index (χ4n) is 8.80. The van der Waals surface area contributed by atoms with Gasteiger partial charge in [0.15, 0.2) is 6.10 Å². The van der Waals surface area contributed by atoms with Crippen LogP contribution in [0.1, 0.15) is 66.7 Å². The molecule has 1 aliphatic heterocycles. The highest BCUT2D eigenvalue weighted by atomic mass is 32.2. The van der Waals surface area contributed by atoms with Crippen LogP contribution in [-0.4, -0.2) is 79.2 Å². The van der Waals surface area contributed by atoms with Crippen LogP contribution in [0.4, 0.5) is 8.78 Å². The number of halogens is 2. The number of hydrogen-bond acceptors (Lipinski definition) is 11. The van der Waals surface area contributed by atoms with Gasteiger partial charge in [0.25, 0.3) is 0 Å². The van der Waals surface area contributed by atoms with Crippen LogP contribution in [0.3, 0.4) is 0 Å². The summed E-state index contributed by atoms with van der Waals surface area (Å²) in [5, 5.41) is -4.75. The van der Waals surface area contributed by atoms with Crippen LogP contribution in [0, 0.1) is 40.4 Å². The molecule has 0 radical (unpaired) electrons. The van der Waals surface area contributed by atoms with Crippen LogP contribution in [-0.2, 0) is 53.0 Å². The summed E-state index contributed by atoms with van der Waals surface area (Å²) >= 11 is 0. The predicted molar refractivity (Wildman–Crippen MR) is 140 cm³/mol. The lowest BCUT2D eigenvalue weighted by atomic mass is 9.63. The van der Waals surface area contributed by atoms with E-state index in [4.69, 9.17) is 23.5 Å². The van der Waals surface area contributed by atoms with E-state index in [0.717, 1.165) is 19.3 Å². The van der Waals surface area contributed by atoms with Crippen molar-refractivity contribution in [2.45, 2.75) is 95.9 Å². The Hall–Kier alpha value is -2.39. The Kier molecular flexibility index (Phi) is 7.69. The molecule has 43 heavy (non-hydrogen) atoms. The fourth-order valence-corrected chi connectivity index (χ4v) is 9.26. The van der Waals surface area contributed by atoms with Crippen LogP contribution in [0.15, 0.2) is 0 Å². The molecule has 4 aliphatic carbocycles. The minimum atomic E-state index is -5.83. The fraction of sp³-hybridized carbons (Fsp3) is 0.857. The molecular weight excluding hydrogens is 598 g/mol. The molecule has 10 atom stereocenters. The molecule has 5 aliphatic rings. The second-order valence-corrected chi connectivity index (χ2v) is 14.9. The monoisotopic (exact) mass is 636 g/mol. The van der Waals surface area contributed by atoms with E-state index in [1.807, 2.05) is 6.92 Å². The molecule has 12 nitrogen and oxygen atoms in total. The molecule has 0 aromatic rings. The first-order valence-corrected chi connectivity index (χ1v) is 16.0. The Bertz CT molecular complexity index is 1320. The molecule has 4 saturated carbocycles. The molecular formula is C28H38F2O12S. The third-order valence-electron chi connectivity index (χ3n) is 11.5. The summed E-state index contributed by atoms with van der Waals surface area (Å²) in [5.41, 5.74) is -0.914. The van der Waals surface area contributed by atoms with E-state index in [0.29, 0.717) is 25.7 Å². The van der Waals surface area contributed by atoms with Crippen molar-refractivity contribution >= 4 is 34.0 Å². The first-order chi connectivity index (χ1) is 19.8. The first kappa shape index (κ1) is 32.0. The summed E-state index contributed by atoms with van der Waals surface area (Å²) in [6.07, 6.45) is -0.376. The normalized spacial score (nSPS) is 39.4. The molecule has 1 N–H and O–H groups in total. The van der Waals surface area contributed by atoms with E-state index < -0.39 is 94.1 Å². The number of rotatable bonds is 11.